The first-order valence-electron chi connectivity index (χ1n) is 8.88. The number of hydrogen-bond donors (Lipinski definition) is 1. The van der Waals surface area contributed by atoms with Crippen LogP contribution >= 0.6 is 23.4 Å². The van der Waals surface area contributed by atoms with Crippen LogP contribution < -0.4 is 5.32 Å². The number of aryl methyl sites for hydroxylation is 2. The van der Waals surface area contributed by atoms with Gasteiger partial charge in [-0.25, -0.2) is 4.98 Å². The van der Waals surface area contributed by atoms with Crippen LogP contribution in [0, 0.1) is 6.92 Å². The second kappa shape index (κ2) is 7.77. The van der Waals surface area contributed by atoms with Gasteiger partial charge in [0.05, 0.1) is 16.8 Å². The summed E-state index contributed by atoms with van der Waals surface area (Å²) in [6, 6.07) is 13.3. The van der Waals surface area contributed by atoms with Crippen molar-refractivity contribution in [1.82, 2.24) is 19.6 Å². The molecule has 4 aromatic rings. The first-order chi connectivity index (χ1) is 13.6. The number of rotatable bonds is 5. The van der Waals surface area contributed by atoms with Crippen LogP contribution in [0.5, 0.6) is 0 Å². The van der Waals surface area contributed by atoms with Crippen LogP contribution in [0.25, 0.3) is 16.7 Å². The van der Waals surface area contributed by atoms with Crippen LogP contribution in [0.15, 0.2) is 47.5 Å². The van der Waals surface area contributed by atoms with Gasteiger partial charge >= 0.3 is 0 Å². The van der Waals surface area contributed by atoms with Gasteiger partial charge in [-0.15, -0.1) is 10.2 Å². The Morgan fingerprint density at radius 2 is 2.04 bits per heavy atom. The molecule has 1 N–H and O–H groups in total. The standard InChI is InChI=1S/C20H18ClN5OS/c1-3-17-24-25-19-20(23-15-6-4-5-7-16(15)26(17)19)28-11-18(27)22-13-9-8-12(2)14(21)10-13/h4-10H,3,11H2,1-2H3,(H,22,27). The van der Waals surface area contributed by atoms with Crippen molar-refractivity contribution in [3.63, 3.8) is 0 Å². The van der Waals surface area contributed by atoms with E-state index in [1.807, 2.05) is 54.6 Å². The molecule has 28 heavy (non-hydrogen) atoms. The minimum atomic E-state index is -0.131. The van der Waals surface area contributed by atoms with Gasteiger partial charge in [0.1, 0.15) is 10.9 Å². The number of carbonyl (C=O) groups excluding carboxylic acids is 1. The van der Waals surface area contributed by atoms with E-state index in [-0.39, 0.29) is 11.7 Å². The van der Waals surface area contributed by atoms with E-state index in [1.54, 1.807) is 6.07 Å². The summed E-state index contributed by atoms with van der Waals surface area (Å²) in [6.45, 7) is 3.96. The summed E-state index contributed by atoms with van der Waals surface area (Å²) >= 11 is 7.47. The van der Waals surface area contributed by atoms with E-state index in [0.717, 1.165) is 28.8 Å². The second-order valence-corrected chi connectivity index (χ2v) is 7.71. The predicted octanol–water partition coefficient (Wildman–Crippen LogP) is 4.53. The SMILES string of the molecule is CCc1nnc2c(SCC(=O)Nc3ccc(C)c(Cl)c3)nc3ccccc3n12. The van der Waals surface area contributed by atoms with E-state index in [2.05, 4.69) is 15.5 Å². The van der Waals surface area contributed by atoms with Crippen molar-refractivity contribution in [1.29, 1.82) is 0 Å². The molecule has 0 radical (unpaired) electrons. The van der Waals surface area contributed by atoms with Crippen LogP contribution in [0.1, 0.15) is 18.3 Å². The van der Waals surface area contributed by atoms with Crippen molar-refractivity contribution >= 4 is 51.6 Å². The highest BCUT2D eigenvalue weighted by Gasteiger charge is 2.15. The number of halogens is 1. The minimum absolute atomic E-state index is 0.131. The van der Waals surface area contributed by atoms with Gasteiger partial charge in [-0.3, -0.25) is 9.20 Å². The fourth-order valence-electron chi connectivity index (χ4n) is 2.94. The summed E-state index contributed by atoms with van der Waals surface area (Å²) in [5, 5.41) is 12.8. The highest BCUT2D eigenvalue weighted by Crippen LogP contribution is 2.26. The fourth-order valence-corrected chi connectivity index (χ4v) is 3.89. The monoisotopic (exact) mass is 411 g/mol. The van der Waals surface area contributed by atoms with Crippen molar-refractivity contribution < 1.29 is 4.79 Å². The zero-order valence-electron chi connectivity index (χ0n) is 15.4. The molecule has 2 aromatic carbocycles. The topological polar surface area (TPSA) is 72.2 Å². The Balaban J connectivity index is 1.59. The zero-order valence-corrected chi connectivity index (χ0v) is 17.0. The summed E-state index contributed by atoms with van der Waals surface area (Å²) < 4.78 is 2.02. The molecule has 8 heteroatoms. The van der Waals surface area contributed by atoms with Crippen molar-refractivity contribution in [2.75, 3.05) is 11.1 Å². The summed E-state index contributed by atoms with van der Waals surface area (Å²) in [6.07, 6.45) is 0.758. The Hall–Kier alpha value is -2.64. The van der Waals surface area contributed by atoms with Crippen LogP contribution in [0.3, 0.4) is 0 Å². The maximum absolute atomic E-state index is 12.4. The number of hydrogen-bond acceptors (Lipinski definition) is 5. The van der Waals surface area contributed by atoms with Crippen molar-refractivity contribution in [3.8, 4) is 0 Å². The molecule has 1 amide bonds. The molecule has 0 atom stereocenters. The van der Waals surface area contributed by atoms with Crippen LogP contribution in [0.2, 0.25) is 5.02 Å². The molecule has 0 aliphatic heterocycles. The molecule has 0 aliphatic rings. The lowest BCUT2D eigenvalue weighted by molar-refractivity contribution is -0.113. The molecule has 2 heterocycles. The Kier molecular flexibility index (Phi) is 5.19. The smallest absolute Gasteiger partial charge is 0.234 e. The third-order valence-electron chi connectivity index (χ3n) is 4.38. The van der Waals surface area contributed by atoms with Crippen LogP contribution in [-0.2, 0) is 11.2 Å². The fraction of sp³-hybridized carbons (Fsp3) is 0.200. The van der Waals surface area contributed by atoms with E-state index >= 15 is 0 Å². The summed E-state index contributed by atoms with van der Waals surface area (Å²) in [5.74, 6) is 0.948. The van der Waals surface area contributed by atoms with E-state index in [4.69, 9.17) is 16.6 Å². The Bertz CT molecular complexity index is 1190. The Labute approximate surface area is 171 Å². The van der Waals surface area contributed by atoms with Gasteiger partial charge < -0.3 is 5.32 Å². The quantitative estimate of drug-likeness (QED) is 0.488. The molecule has 0 unspecified atom stereocenters. The number of nitrogens with zero attached hydrogens (tertiary/aromatic N) is 4. The van der Waals surface area contributed by atoms with E-state index in [9.17, 15) is 4.79 Å². The molecule has 0 saturated carbocycles. The molecule has 6 nitrogen and oxygen atoms in total. The Morgan fingerprint density at radius 3 is 2.82 bits per heavy atom. The first kappa shape index (κ1) is 18.7. The number of fused-ring (bicyclic) bond motifs is 3. The predicted molar refractivity (Wildman–Crippen MR) is 113 cm³/mol. The zero-order chi connectivity index (χ0) is 19.7. The number of nitrogens with one attached hydrogen (secondary N) is 1. The average molecular weight is 412 g/mol. The van der Waals surface area contributed by atoms with Crippen molar-refractivity contribution in [3.05, 3.63) is 58.9 Å². The van der Waals surface area contributed by atoms with Crippen molar-refractivity contribution in [2.45, 2.75) is 25.3 Å². The lowest BCUT2D eigenvalue weighted by atomic mass is 10.2. The third-order valence-corrected chi connectivity index (χ3v) is 5.74. The molecule has 2 aromatic heterocycles. The van der Waals surface area contributed by atoms with Gasteiger partial charge in [-0.2, -0.15) is 0 Å². The molecule has 142 valence electrons. The number of thioether (sulfide) groups is 1. The van der Waals surface area contributed by atoms with Gasteiger partial charge in [0.15, 0.2) is 5.65 Å². The number of carbonyl (C=O) groups is 1. The van der Waals surface area contributed by atoms with Gasteiger partial charge in [0, 0.05) is 17.1 Å². The van der Waals surface area contributed by atoms with E-state index < -0.39 is 0 Å². The number of anilines is 1. The average Bonchev–Trinajstić information content (AvgIpc) is 3.13. The van der Waals surface area contributed by atoms with E-state index in [1.165, 1.54) is 11.8 Å². The highest BCUT2D eigenvalue weighted by molar-refractivity contribution is 8.00. The molecule has 4 rings (SSSR count). The van der Waals surface area contributed by atoms with Gasteiger partial charge in [-0.1, -0.05) is 48.5 Å². The highest BCUT2D eigenvalue weighted by atomic mass is 35.5. The third kappa shape index (κ3) is 3.55. The van der Waals surface area contributed by atoms with Crippen molar-refractivity contribution in [2.24, 2.45) is 0 Å². The van der Waals surface area contributed by atoms with Crippen LogP contribution in [0.4, 0.5) is 5.69 Å². The summed E-state index contributed by atoms with van der Waals surface area (Å²) in [5.41, 5.74) is 4.12. The largest absolute Gasteiger partial charge is 0.325 e. The number of benzene rings is 2. The number of amides is 1. The van der Waals surface area contributed by atoms with Gasteiger partial charge in [0.2, 0.25) is 5.91 Å². The summed E-state index contributed by atoms with van der Waals surface area (Å²) in [4.78, 5) is 17.1. The van der Waals surface area contributed by atoms with Gasteiger partial charge in [0.25, 0.3) is 0 Å². The molecular weight excluding hydrogens is 394 g/mol. The maximum Gasteiger partial charge on any atom is 0.234 e. The second-order valence-electron chi connectivity index (χ2n) is 6.34. The van der Waals surface area contributed by atoms with Gasteiger partial charge in [-0.05, 0) is 36.8 Å². The minimum Gasteiger partial charge on any atom is -0.325 e. The van der Waals surface area contributed by atoms with Crippen LogP contribution in [-0.4, -0.2) is 31.2 Å². The molecular formula is C20H18ClN5OS. The molecule has 0 bridgehead atoms. The number of aromatic nitrogens is 4. The maximum atomic E-state index is 12.4. The molecule has 0 aliphatic carbocycles. The Morgan fingerprint density at radius 1 is 1.21 bits per heavy atom. The number of para-hydroxylation sites is 2. The molecule has 0 saturated heterocycles. The lowest BCUT2D eigenvalue weighted by Crippen LogP contribution is -2.14. The molecule has 0 fully saturated rings. The molecule has 0 spiro atoms. The van der Waals surface area contributed by atoms with E-state index in [0.29, 0.717) is 21.4 Å². The first-order valence-corrected chi connectivity index (χ1v) is 10.2. The lowest BCUT2D eigenvalue weighted by Gasteiger charge is -2.09. The summed E-state index contributed by atoms with van der Waals surface area (Å²) in [7, 11) is 0. The normalized spacial score (nSPS) is 11.2.